The van der Waals surface area contributed by atoms with Gasteiger partial charge in [0, 0.05) is 50.4 Å². The van der Waals surface area contributed by atoms with Crippen LogP contribution in [0.2, 0.25) is 0 Å². The van der Waals surface area contributed by atoms with Crippen molar-refractivity contribution in [2.45, 2.75) is 52.9 Å². The zero-order valence-electron chi connectivity index (χ0n) is 13.4. The Morgan fingerprint density at radius 2 is 1.85 bits per heavy atom. The molecule has 0 atom stereocenters. The summed E-state index contributed by atoms with van der Waals surface area (Å²) >= 11 is 0. The molecule has 4 heteroatoms. The van der Waals surface area contributed by atoms with Gasteiger partial charge in [-0.1, -0.05) is 13.8 Å². The standard InChI is InChI=1S/C16H29N3O/c1-13(2)17-11-16-15(5-10-20-16)12-18-6-8-19(9-7-18)14(3)4/h5,10,13-14,17H,6-9,11-12H2,1-4H3. The summed E-state index contributed by atoms with van der Waals surface area (Å²) in [5.41, 5.74) is 1.33. The van der Waals surface area contributed by atoms with Crippen molar-refractivity contribution in [3.63, 3.8) is 0 Å². The van der Waals surface area contributed by atoms with E-state index < -0.39 is 0 Å². The summed E-state index contributed by atoms with van der Waals surface area (Å²) in [7, 11) is 0. The Balaban J connectivity index is 1.84. The van der Waals surface area contributed by atoms with E-state index in [2.05, 4.69) is 48.9 Å². The van der Waals surface area contributed by atoms with Crippen molar-refractivity contribution in [2.75, 3.05) is 26.2 Å². The average molecular weight is 279 g/mol. The highest BCUT2D eigenvalue weighted by Gasteiger charge is 2.20. The molecule has 0 aromatic carbocycles. The van der Waals surface area contributed by atoms with Crippen molar-refractivity contribution in [3.05, 3.63) is 23.7 Å². The van der Waals surface area contributed by atoms with Gasteiger partial charge in [0.2, 0.25) is 0 Å². The Labute approximate surface area is 123 Å². The van der Waals surface area contributed by atoms with Gasteiger partial charge in [0.05, 0.1) is 12.8 Å². The zero-order valence-corrected chi connectivity index (χ0v) is 13.4. The molecule has 4 nitrogen and oxygen atoms in total. The summed E-state index contributed by atoms with van der Waals surface area (Å²) in [6.45, 7) is 15.4. The van der Waals surface area contributed by atoms with Crippen molar-refractivity contribution in [2.24, 2.45) is 0 Å². The van der Waals surface area contributed by atoms with Gasteiger partial charge in [-0.3, -0.25) is 9.80 Å². The lowest BCUT2D eigenvalue weighted by atomic mass is 10.2. The predicted octanol–water partition coefficient (Wildman–Crippen LogP) is 2.30. The second-order valence-corrected chi connectivity index (χ2v) is 6.31. The summed E-state index contributed by atoms with van der Waals surface area (Å²) in [6.07, 6.45) is 1.82. The Kier molecular flexibility index (Phi) is 5.64. The molecule has 1 N–H and O–H groups in total. The van der Waals surface area contributed by atoms with Crippen LogP contribution in [0.3, 0.4) is 0 Å². The van der Waals surface area contributed by atoms with Gasteiger partial charge in [-0.05, 0) is 19.9 Å². The average Bonchev–Trinajstić information content (AvgIpc) is 2.84. The Hall–Kier alpha value is -0.840. The molecule has 0 unspecified atom stereocenters. The topological polar surface area (TPSA) is 31.7 Å². The molecule has 20 heavy (non-hydrogen) atoms. The third kappa shape index (κ3) is 4.33. The van der Waals surface area contributed by atoms with E-state index >= 15 is 0 Å². The van der Waals surface area contributed by atoms with Gasteiger partial charge >= 0.3 is 0 Å². The fourth-order valence-corrected chi connectivity index (χ4v) is 2.64. The molecule has 0 spiro atoms. The van der Waals surface area contributed by atoms with E-state index in [0.717, 1.165) is 31.9 Å². The predicted molar refractivity (Wildman–Crippen MR) is 82.7 cm³/mol. The molecule has 1 aromatic heterocycles. The number of piperazine rings is 1. The normalized spacial score (nSPS) is 18.3. The lowest BCUT2D eigenvalue weighted by molar-refractivity contribution is 0.103. The number of nitrogens with one attached hydrogen (secondary N) is 1. The molecule has 1 aromatic rings. The van der Waals surface area contributed by atoms with Gasteiger partial charge in [-0.2, -0.15) is 0 Å². The second-order valence-electron chi connectivity index (χ2n) is 6.31. The minimum absolute atomic E-state index is 0.488. The molecule has 1 fully saturated rings. The highest BCUT2D eigenvalue weighted by Crippen LogP contribution is 2.15. The number of nitrogens with zero attached hydrogens (tertiary/aromatic N) is 2. The lowest BCUT2D eigenvalue weighted by Crippen LogP contribution is -2.48. The maximum atomic E-state index is 5.62. The Morgan fingerprint density at radius 1 is 1.15 bits per heavy atom. The smallest absolute Gasteiger partial charge is 0.122 e. The largest absolute Gasteiger partial charge is 0.468 e. The summed E-state index contributed by atoms with van der Waals surface area (Å²) in [5, 5.41) is 3.43. The summed E-state index contributed by atoms with van der Waals surface area (Å²) in [4.78, 5) is 5.08. The van der Waals surface area contributed by atoms with Crippen molar-refractivity contribution in [1.82, 2.24) is 15.1 Å². The van der Waals surface area contributed by atoms with E-state index in [9.17, 15) is 0 Å². The van der Waals surface area contributed by atoms with Gasteiger partial charge in [0.15, 0.2) is 0 Å². The van der Waals surface area contributed by atoms with Crippen molar-refractivity contribution in [1.29, 1.82) is 0 Å². The summed E-state index contributed by atoms with van der Waals surface area (Å²) in [5.74, 6) is 1.09. The fraction of sp³-hybridized carbons (Fsp3) is 0.750. The summed E-state index contributed by atoms with van der Waals surface area (Å²) < 4.78 is 5.62. The third-order valence-electron chi connectivity index (χ3n) is 4.04. The van der Waals surface area contributed by atoms with Crippen LogP contribution in [0.1, 0.15) is 39.0 Å². The zero-order chi connectivity index (χ0) is 14.5. The SMILES string of the molecule is CC(C)NCc1occc1CN1CCN(C(C)C)CC1. The maximum Gasteiger partial charge on any atom is 0.122 e. The first-order valence-corrected chi connectivity index (χ1v) is 7.81. The molecule has 0 radical (unpaired) electrons. The minimum Gasteiger partial charge on any atom is -0.468 e. The first-order chi connectivity index (χ1) is 9.56. The van der Waals surface area contributed by atoms with Crippen LogP contribution in [-0.4, -0.2) is 48.1 Å². The van der Waals surface area contributed by atoms with Gasteiger partial charge in [0.25, 0.3) is 0 Å². The van der Waals surface area contributed by atoms with Gasteiger partial charge in [-0.15, -0.1) is 0 Å². The monoisotopic (exact) mass is 279 g/mol. The van der Waals surface area contributed by atoms with Gasteiger partial charge in [0.1, 0.15) is 5.76 Å². The Morgan fingerprint density at radius 3 is 2.45 bits per heavy atom. The van der Waals surface area contributed by atoms with Crippen LogP contribution < -0.4 is 5.32 Å². The summed E-state index contributed by atoms with van der Waals surface area (Å²) in [6, 6.07) is 3.27. The fourth-order valence-electron chi connectivity index (χ4n) is 2.64. The van der Waals surface area contributed by atoms with Crippen LogP contribution in [0.5, 0.6) is 0 Å². The third-order valence-corrected chi connectivity index (χ3v) is 4.04. The van der Waals surface area contributed by atoms with Crippen LogP contribution >= 0.6 is 0 Å². The van der Waals surface area contributed by atoms with Gasteiger partial charge in [-0.25, -0.2) is 0 Å². The van der Waals surface area contributed by atoms with E-state index in [4.69, 9.17) is 4.42 Å². The van der Waals surface area contributed by atoms with Crippen LogP contribution in [0.25, 0.3) is 0 Å². The van der Waals surface area contributed by atoms with E-state index in [1.807, 2.05) is 6.26 Å². The van der Waals surface area contributed by atoms with E-state index in [0.29, 0.717) is 12.1 Å². The van der Waals surface area contributed by atoms with Crippen LogP contribution in [0, 0.1) is 0 Å². The molecule has 114 valence electrons. The van der Waals surface area contributed by atoms with Crippen molar-refractivity contribution in [3.8, 4) is 0 Å². The highest BCUT2D eigenvalue weighted by molar-refractivity contribution is 5.17. The molecule has 0 aliphatic carbocycles. The molecule has 1 aliphatic heterocycles. The quantitative estimate of drug-likeness (QED) is 0.866. The van der Waals surface area contributed by atoms with Gasteiger partial charge < -0.3 is 9.73 Å². The molecule has 1 aliphatic rings. The molecule has 0 amide bonds. The molecule has 1 saturated heterocycles. The van der Waals surface area contributed by atoms with E-state index in [1.165, 1.54) is 18.7 Å². The number of hydrogen-bond acceptors (Lipinski definition) is 4. The van der Waals surface area contributed by atoms with Crippen LogP contribution in [-0.2, 0) is 13.1 Å². The first-order valence-electron chi connectivity index (χ1n) is 7.81. The Bertz CT molecular complexity index is 392. The first kappa shape index (κ1) is 15.5. The second kappa shape index (κ2) is 7.25. The van der Waals surface area contributed by atoms with Crippen molar-refractivity contribution >= 4 is 0 Å². The number of rotatable bonds is 6. The van der Waals surface area contributed by atoms with Crippen LogP contribution in [0.15, 0.2) is 16.7 Å². The lowest BCUT2D eigenvalue weighted by Gasteiger charge is -2.36. The molecule has 2 rings (SSSR count). The number of hydrogen-bond donors (Lipinski definition) is 1. The maximum absolute atomic E-state index is 5.62. The highest BCUT2D eigenvalue weighted by atomic mass is 16.3. The molecular formula is C16H29N3O. The van der Waals surface area contributed by atoms with Crippen molar-refractivity contribution < 1.29 is 4.42 Å². The molecule has 0 saturated carbocycles. The number of furan rings is 1. The van der Waals surface area contributed by atoms with Crippen LogP contribution in [0.4, 0.5) is 0 Å². The van der Waals surface area contributed by atoms with E-state index in [-0.39, 0.29) is 0 Å². The molecule has 0 bridgehead atoms. The minimum atomic E-state index is 0.488. The molecule has 2 heterocycles. The molecular weight excluding hydrogens is 250 g/mol. The van der Waals surface area contributed by atoms with E-state index in [1.54, 1.807) is 0 Å².